The summed E-state index contributed by atoms with van der Waals surface area (Å²) in [6, 6.07) is 9.09. The predicted octanol–water partition coefficient (Wildman–Crippen LogP) is 3.22. The number of nitrogens with zero attached hydrogens (tertiary/aromatic N) is 1. The lowest BCUT2D eigenvalue weighted by Gasteiger charge is -2.30. The summed E-state index contributed by atoms with van der Waals surface area (Å²) in [5.74, 6) is 1.97. The molecule has 0 bridgehead atoms. The standard InChI is InChI=1S/C19H29N3O/c1-3-20-18(22-15-10-11-15)21-14-19(12-6-7-13-19)16-8-4-5-9-17(16)23-2/h4-5,8-9,15H,3,6-7,10-14H2,1-2H3,(H2,20,21,22). The van der Waals surface area contributed by atoms with Crippen LogP contribution in [0.25, 0.3) is 0 Å². The molecule has 1 aromatic rings. The number of ether oxygens (including phenoxy) is 1. The molecule has 0 amide bonds. The number of rotatable bonds is 6. The van der Waals surface area contributed by atoms with Crippen LogP contribution in [0.1, 0.15) is 51.0 Å². The molecule has 1 aromatic carbocycles. The van der Waals surface area contributed by atoms with Gasteiger partial charge in [-0.1, -0.05) is 31.0 Å². The minimum atomic E-state index is 0.124. The number of methoxy groups -OCH3 is 1. The van der Waals surface area contributed by atoms with E-state index in [9.17, 15) is 0 Å². The van der Waals surface area contributed by atoms with Gasteiger partial charge in [-0.3, -0.25) is 4.99 Å². The smallest absolute Gasteiger partial charge is 0.191 e. The van der Waals surface area contributed by atoms with E-state index < -0.39 is 0 Å². The van der Waals surface area contributed by atoms with Gasteiger partial charge < -0.3 is 15.4 Å². The summed E-state index contributed by atoms with van der Waals surface area (Å²) < 4.78 is 5.63. The first-order valence-electron chi connectivity index (χ1n) is 8.96. The van der Waals surface area contributed by atoms with Gasteiger partial charge in [0.05, 0.1) is 13.7 Å². The highest BCUT2D eigenvalue weighted by Crippen LogP contribution is 2.44. The third-order valence-electron chi connectivity index (χ3n) is 5.04. The molecule has 2 aliphatic rings. The van der Waals surface area contributed by atoms with Crippen LogP contribution in [0.2, 0.25) is 0 Å². The van der Waals surface area contributed by atoms with Crippen molar-refractivity contribution < 1.29 is 4.74 Å². The van der Waals surface area contributed by atoms with Crippen molar-refractivity contribution in [3.8, 4) is 5.75 Å². The highest BCUT2D eigenvalue weighted by molar-refractivity contribution is 5.80. The minimum Gasteiger partial charge on any atom is -0.496 e. The molecule has 0 saturated heterocycles. The molecule has 0 spiro atoms. The van der Waals surface area contributed by atoms with Crippen molar-refractivity contribution in [2.75, 3.05) is 20.2 Å². The average Bonchev–Trinajstić information content (AvgIpc) is 3.27. The summed E-state index contributed by atoms with van der Waals surface area (Å²) in [6.07, 6.45) is 7.48. The SMILES string of the molecule is CCNC(=NCC1(c2ccccc2OC)CCCC1)NC1CC1. The van der Waals surface area contributed by atoms with E-state index in [2.05, 4.69) is 35.8 Å². The van der Waals surface area contributed by atoms with E-state index >= 15 is 0 Å². The molecule has 2 fully saturated rings. The van der Waals surface area contributed by atoms with E-state index in [1.165, 1.54) is 44.1 Å². The number of aliphatic imine (C=N–C) groups is 1. The Morgan fingerprint density at radius 1 is 1.26 bits per heavy atom. The zero-order valence-electron chi connectivity index (χ0n) is 14.4. The Labute approximate surface area is 139 Å². The number of nitrogens with one attached hydrogen (secondary N) is 2. The fraction of sp³-hybridized carbons (Fsp3) is 0.632. The molecule has 4 heteroatoms. The van der Waals surface area contributed by atoms with Crippen LogP contribution in [0.15, 0.2) is 29.3 Å². The number of hydrogen-bond donors (Lipinski definition) is 2. The molecule has 0 radical (unpaired) electrons. The quantitative estimate of drug-likeness (QED) is 0.626. The molecule has 2 saturated carbocycles. The molecule has 0 heterocycles. The van der Waals surface area contributed by atoms with Crippen LogP contribution in [-0.2, 0) is 5.41 Å². The van der Waals surface area contributed by atoms with Crippen LogP contribution in [-0.4, -0.2) is 32.2 Å². The molecule has 2 aliphatic carbocycles. The molecular formula is C19H29N3O. The summed E-state index contributed by atoms with van der Waals surface area (Å²) in [5.41, 5.74) is 1.45. The third kappa shape index (κ3) is 3.80. The first kappa shape index (κ1) is 16.2. The third-order valence-corrected chi connectivity index (χ3v) is 5.04. The molecule has 3 rings (SSSR count). The van der Waals surface area contributed by atoms with Crippen molar-refractivity contribution in [1.29, 1.82) is 0 Å². The largest absolute Gasteiger partial charge is 0.496 e. The molecule has 0 unspecified atom stereocenters. The summed E-state index contributed by atoms with van der Waals surface area (Å²) in [4.78, 5) is 4.94. The minimum absolute atomic E-state index is 0.124. The second kappa shape index (κ2) is 7.24. The molecule has 0 aromatic heterocycles. The van der Waals surface area contributed by atoms with E-state index in [4.69, 9.17) is 9.73 Å². The first-order chi connectivity index (χ1) is 11.3. The molecular weight excluding hydrogens is 286 g/mol. The first-order valence-corrected chi connectivity index (χ1v) is 8.96. The van der Waals surface area contributed by atoms with Crippen LogP contribution in [0.4, 0.5) is 0 Å². The van der Waals surface area contributed by atoms with Gasteiger partial charge in [0.15, 0.2) is 5.96 Å². The number of benzene rings is 1. The van der Waals surface area contributed by atoms with Crippen molar-refractivity contribution in [1.82, 2.24) is 10.6 Å². The Morgan fingerprint density at radius 2 is 2.00 bits per heavy atom. The van der Waals surface area contributed by atoms with E-state index in [-0.39, 0.29) is 5.41 Å². The molecule has 2 N–H and O–H groups in total. The molecule has 0 atom stereocenters. The lowest BCUT2D eigenvalue weighted by molar-refractivity contribution is 0.378. The second-order valence-corrected chi connectivity index (χ2v) is 6.80. The fourth-order valence-corrected chi connectivity index (χ4v) is 3.62. The summed E-state index contributed by atoms with van der Waals surface area (Å²) in [5, 5.41) is 6.90. The zero-order chi connectivity index (χ0) is 16.1. The lowest BCUT2D eigenvalue weighted by atomic mass is 9.78. The normalized spacial score (nSPS) is 20.3. The number of para-hydroxylation sites is 1. The van der Waals surface area contributed by atoms with Gasteiger partial charge in [0.2, 0.25) is 0 Å². The number of guanidine groups is 1. The van der Waals surface area contributed by atoms with Gasteiger partial charge in [0.25, 0.3) is 0 Å². The summed E-state index contributed by atoms with van der Waals surface area (Å²) in [6.45, 7) is 3.85. The monoisotopic (exact) mass is 315 g/mol. The Kier molecular flexibility index (Phi) is 5.09. The average molecular weight is 315 g/mol. The Morgan fingerprint density at radius 3 is 2.65 bits per heavy atom. The Hall–Kier alpha value is -1.71. The van der Waals surface area contributed by atoms with Gasteiger partial charge in [0, 0.05) is 23.6 Å². The topological polar surface area (TPSA) is 45.7 Å². The van der Waals surface area contributed by atoms with Gasteiger partial charge in [-0.15, -0.1) is 0 Å². The summed E-state index contributed by atoms with van der Waals surface area (Å²) >= 11 is 0. The summed E-state index contributed by atoms with van der Waals surface area (Å²) in [7, 11) is 1.77. The molecule has 4 nitrogen and oxygen atoms in total. The van der Waals surface area contributed by atoms with Crippen LogP contribution >= 0.6 is 0 Å². The van der Waals surface area contributed by atoms with Gasteiger partial charge >= 0.3 is 0 Å². The maximum Gasteiger partial charge on any atom is 0.191 e. The Balaban J connectivity index is 1.82. The second-order valence-electron chi connectivity index (χ2n) is 6.80. The van der Waals surface area contributed by atoms with Crippen molar-refractivity contribution in [3.63, 3.8) is 0 Å². The predicted molar refractivity (Wildman–Crippen MR) is 95.3 cm³/mol. The van der Waals surface area contributed by atoms with E-state index in [0.717, 1.165) is 24.8 Å². The van der Waals surface area contributed by atoms with Crippen LogP contribution in [0, 0.1) is 0 Å². The lowest BCUT2D eigenvalue weighted by Crippen LogP contribution is -2.40. The van der Waals surface area contributed by atoms with Crippen molar-refractivity contribution in [2.24, 2.45) is 4.99 Å². The van der Waals surface area contributed by atoms with Crippen molar-refractivity contribution in [3.05, 3.63) is 29.8 Å². The highest BCUT2D eigenvalue weighted by atomic mass is 16.5. The van der Waals surface area contributed by atoms with Crippen molar-refractivity contribution >= 4 is 5.96 Å². The fourth-order valence-electron chi connectivity index (χ4n) is 3.62. The van der Waals surface area contributed by atoms with Crippen molar-refractivity contribution in [2.45, 2.75) is 56.9 Å². The maximum atomic E-state index is 5.63. The van der Waals surface area contributed by atoms with Crippen LogP contribution < -0.4 is 15.4 Å². The molecule has 0 aliphatic heterocycles. The maximum absolute atomic E-state index is 5.63. The van der Waals surface area contributed by atoms with Crippen LogP contribution in [0.5, 0.6) is 5.75 Å². The van der Waals surface area contributed by atoms with Gasteiger partial charge in [-0.2, -0.15) is 0 Å². The van der Waals surface area contributed by atoms with Gasteiger partial charge in [0.1, 0.15) is 5.75 Å². The van der Waals surface area contributed by atoms with Gasteiger partial charge in [-0.25, -0.2) is 0 Å². The van der Waals surface area contributed by atoms with Gasteiger partial charge in [-0.05, 0) is 38.7 Å². The molecule has 23 heavy (non-hydrogen) atoms. The zero-order valence-corrected chi connectivity index (χ0v) is 14.4. The van der Waals surface area contributed by atoms with E-state index in [1.54, 1.807) is 7.11 Å². The Bertz CT molecular complexity index is 545. The highest BCUT2D eigenvalue weighted by Gasteiger charge is 2.37. The van der Waals surface area contributed by atoms with E-state index in [0.29, 0.717) is 6.04 Å². The van der Waals surface area contributed by atoms with Crippen LogP contribution in [0.3, 0.4) is 0 Å². The number of hydrogen-bond acceptors (Lipinski definition) is 2. The van der Waals surface area contributed by atoms with E-state index in [1.807, 2.05) is 6.07 Å². The molecule has 126 valence electrons.